The summed E-state index contributed by atoms with van der Waals surface area (Å²) in [6.07, 6.45) is 1.67. The zero-order chi connectivity index (χ0) is 13.8. The second-order valence-corrected chi connectivity index (χ2v) is 4.08. The van der Waals surface area contributed by atoms with E-state index in [0.717, 1.165) is 17.3 Å². The summed E-state index contributed by atoms with van der Waals surface area (Å²) in [7, 11) is 3.52. The predicted octanol–water partition coefficient (Wildman–Crippen LogP) is 2.14. The number of nitrogens with zero attached hydrogens (tertiary/aromatic N) is 2. The fourth-order valence-corrected chi connectivity index (χ4v) is 1.71. The zero-order valence-electron chi connectivity index (χ0n) is 10.9. The van der Waals surface area contributed by atoms with E-state index in [1.165, 1.54) is 0 Å². The maximum Gasteiger partial charge on any atom is 0.137 e. The highest BCUT2D eigenvalue weighted by atomic mass is 16.5. The van der Waals surface area contributed by atoms with Gasteiger partial charge in [-0.25, -0.2) is 4.98 Å². The van der Waals surface area contributed by atoms with Gasteiger partial charge in [0.2, 0.25) is 0 Å². The van der Waals surface area contributed by atoms with Gasteiger partial charge >= 0.3 is 0 Å². The molecule has 0 saturated carbocycles. The van der Waals surface area contributed by atoms with Gasteiger partial charge in [0, 0.05) is 18.3 Å². The first kappa shape index (κ1) is 12.9. The minimum atomic E-state index is 0.0536. The van der Waals surface area contributed by atoms with Crippen LogP contribution in [0.1, 0.15) is 5.56 Å². The highest BCUT2D eigenvalue weighted by Gasteiger charge is 2.07. The zero-order valence-corrected chi connectivity index (χ0v) is 10.9. The van der Waals surface area contributed by atoms with E-state index in [-0.39, 0.29) is 5.84 Å². The molecule has 2 aromatic rings. The molecule has 1 heterocycles. The molecule has 0 unspecified atom stereocenters. The summed E-state index contributed by atoms with van der Waals surface area (Å²) in [5.41, 5.74) is 7.11. The van der Waals surface area contributed by atoms with Crippen LogP contribution in [0, 0.1) is 5.41 Å². The number of hydrogen-bond acceptors (Lipinski definition) is 4. The number of pyridine rings is 1. The van der Waals surface area contributed by atoms with Crippen LogP contribution < -0.4 is 15.4 Å². The predicted molar refractivity (Wildman–Crippen MR) is 76.3 cm³/mol. The van der Waals surface area contributed by atoms with Gasteiger partial charge in [-0.05, 0) is 24.3 Å². The number of nitrogens with one attached hydrogen (secondary N) is 1. The summed E-state index contributed by atoms with van der Waals surface area (Å²) in [5.74, 6) is 1.56. The monoisotopic (exact) mass is 256 g/mol. The number of amidine groups is 1. The SMILES string of the molecule is COc1ccc(N(C)c2cccc(C(=N)N)c2)nc1. The minimum absolute atomic E-state index is 0.0536. The summed E-state index contributed by atoms with van der Waals surface area (Å²) in [6.45, 7) is 0. The molecule has 0 aliphatic heterocycles. The molecule has 5 nitrogen and oxygen atoms in total. The Morgan fingerprint density at radius 3 is 2.68 bits per heavy atom. The smallest absolute Gasteiger partial charge is 0.137 e. The van der Waals surface area contributed by atoms with Crippen LogP contribution in [0.2, 0.25) is 0 Å². The Labute approximate surface area is 112 Å². The highest BCUT2D eigenvalue weighted by Crippen LogP contribution is 2.23. The van der Waals surface area contributed by atoms with Crippen molar-refractivity contribution in [2.75, 3.05) is 19.1 Å². The van der Waals surface area contributed by atoms with Gasteiger partial charge in [0.1, 0.15) is 17.4 Å². The molecule has 0 spiro atoms. The molecule has 0 atom stereocenters. The lowest BCUT2D eigenvalue weighted by atomic mass is 10.2. The first-order valence-electron chi connectivity index (χ1n) is 5.80. The van der Waals surface area contributed by atoms with Crippen molar-refractivity contribution in [1.82, 2.24) is 4.98 Å². The highest BCUT2D eigenvalue weighted by molar-refractivity contribution is 5.96. The van der Waals surface area contributed by atoms with Gasteiger partial charge in [-0.2, -0.15) is 0 Å². The molecule has 19 heavy (non-hydrogen) atoms. The van der Waals surface area contributed by atoms with E-state index < -0.39 is 0 Å². The average molecular weight is 256 g/mol. The number of nitrogens with two attached hydrogens (primary N) is 1. The summed E-state index contributed by atoms with van der Waals surface area (Å²) in [6, 6.07) is 11.2. The van der Waals surface area contributed by atoms with Crippen LogP contribution in [-0.2, 0) is 0 Å². The number of aromatic nitrogens is 1. The first-order chi connectivity index (χ1) is 9.11. The van der Waals surface area contributed by atoms with Gasteiger partial charge < -0.3 is 15.4 Å². The number of anilines is 2. The summed E-state index contributed by atoms with van der Waals surface area (Å²) < 4.78 is 5.08. The molecule has 0 saturated heterocycles. The molecule has 0 fully saturated rings. The third-order valence-electron chi connectivity index (χ3n) is 2.84. The van der Waals surface area contributed by atoms with Crippen LogP contribution in [0.5, 0.6) is 5.75 Å². The third-order valence-corrected chi connectivity index (χ3v) is 2.84. The Morgan fingerprint density at radius 2 is 2.11 bits per heavy atom. The van der Waals surface area contributed by atoms with Crippen molar-refractivity contribution in [3.05, 3.63) is 48.2 Å². The van der Waals surface area contributed by atoms with Crippen LogP contribution in [0.25, 0.3) is 0 Å². The molecule has 1 aromatic carbocycles. The summed E-state index contributed by atoms with van der Waals surface area (Å²) in [5, 5.41) is 7.46. The molecule has 0 aliphatic carbocycles. The molecule has 0 bridgehead atoms. The van der Waals surface area contributed by atoms with Crippen LogP contribution in [0.3, 0.4) is 0 Å². The van der Waals surface area contributed by atoms with E-state index in [1.54, 1.807) is 19.4 Å². The molecular weight excluding hydrogens is 240 g/mol. The average Bonchev–Trinajstić information content (AvgIpc) is 2.46. The number of benzene rings is 1. The van der Waals surface area contributed by atoms with Gasteiger partial charge in [0.15, 0.2) is 0 Å². The van der Waals surface area contributed by atoms with Crippen molar-refractivity contribution in [3.63, 3.8) is 0 Å². The Morgan fingerprint density at radius 1 is 1.32 bits per heavy atom. The largest absolute Gasteiger partial charge is 0.495 e. The number of nitrogen functional groups attached to an aromatic ring is 1. The van der Waals surface area contributed by atoms with E-state index >= 15 is 0 Å². The molecule has 0 radical (unpaired) electrons. The second kappa shape index (κ2) is 5.39. The first-order valence-corrected chi connectivity index (χ1v) is 5.80. The third kappa shape index (κ3) is 2.82. The normalized spacial score (nSPS) is 10.0. The van der Waals surface area contributed by atoms with Crippen molar-refractivity contribution < 1.29 is 4.74 Å². The maximum atomic E-state index is 7.46. The van der Waals surface area contributed by atoms with Gasteiger partial charge in [-0.1, -0.05) is 12.1 Å². The molecule has 2 rings (SSSR count). The summed E-state index contributed by atoms with van der Waals surface area (Å²) >= 11 is 0. The van der Waals surface area contributed by atoms with E-state index in [2.05, 4.69) is 4.98 Å². The van der Waals surface area contributed by atoms with E-state index in [0.29, 0.717) is 5.56 Å². The number of rotatable bonds is 4. The minimum Gasteiger partial charge on any atom is -0.495 e. The second-order valence-electron chi connectivity index (χ2n) is 4.08. The standard InChI is InChI=1S/C14H16N4O/c1-18(13-7-6-12(19-2)9-17-13)11-5-3-4-10(8-11)14(15)16/h3-9H,1-2H3,(H3,15,16). The van der Waals surface area contributed by atoms with Crippen molar-refractivity contribution in [3.8, 4) is 5.75 Å². The Bertz CT molecular complexity index is 580. The van der Waals surface area contributed by atoms with Crippen molar-refractivity contribution in [2.24, 2.45) is 5.73 Å². The Hall–Kier alpha value is -2.56. The van der Waals surface area contributed by atoms with Crippen molar-refractivity contribution in [2.45, 2.75) is 0 Å². The Balaban J connectivity index is 2.29. The van der Waals surface area contributed by atoms with E-state index in [9.17, 15) is 0 Å². The van der Waals surface area contributed by atoms with Crippen LogP contribution in [0.4, 0.5) is 11.5 Å². The lowest BCUT2D eigenvalue weighted by Crippen LogP contribution is -2.14. The van der Waals surface area contributed by atoms with Crippen LogP contribution in [-0.4, -0.2) is 25.0 Å². The van der Waals surface area contributed by atoms with Crippen LogP contribution in [0.15, 0.2) is 42.6 Å². The molecule has 1 aromatic heterocycles. The van der Waals surface area contributed by atoms with Crippen molar-refractivity contribution >= 4 is 17.3 Å². The quantitative estimate of drug-likeness (QED) is 0.649. The molecule has 0 amide bonds. The molecule has 98 valence electrons. The Kier molecular flexibility index (Phi) is 3.66. The topological polar surface area (TPSA) is 75.2 Å². The van der Waals surface area contributed by atoms with Gasteiger partial charge in [-0.3, -0.25) is 5.41 Å². The molecule has 5 heteroatoms. The van der Waals surface area contributed by atoms with E-state index in [4.69, 9.17) is 15.9 Å². The number of methoxy groups -OCH3 is 1. The van der Waals surface area contributed by atoms with E-state index in [1.807, 2.05) is 42.3 Å². The number of ether oxygens (including phenoxy) is 1. The number of hydrogen-bond donors (Lipinski definition) is 2. The molecule has 0 aliphatic rings. The fourth-order valence-electron chi connectivity index (χ4n) is 1.71. The van der Waals surface area contributed by atoms with Crippen LogP contribution >= 0.6 is 0 Å². The van der Waals surface area contributed by atoms with Gasteiger partial charge in [-0.15, -0.1) is 0 Å². The maximum absolute atomic E-state index is 7.46. The summed E-state index contributed by atoms with van der Waals surface area (Å²) in [4.78, 5) is 6.24. The molecule has 3 N–H and O–H groups in total. The van der Waals surface area contributed by atoms with Crippen molar-refractivity contribution in [1.29, 1.82) is 5.41 Å². The lowest BCUT2D eigenvalue weighted by molar-refractivity contribution is 0.413. The molecular formula is C14H16N4O. The van der Waals surface area contributed by atoms with Gasteiger partial charge in [0.05, 0.1) is 13.3 Å². The lowest BCUT2D eigenvalue weighted by Gasteiger charge is -2.19. The van der Waals surface area contributed by atoms with Gasteiger partial charge in [0.25, 0.3) is 0 Å². The fraction of sp³-hybridized carbons (Fsp3) is 0.143.